The van der Waals surface area contributed by atoms with E-state index in [2.05, 4.69) is 16.0 Å². The van der Waals surface area contributed by atoms with Crippen molar-refractivity contribution in [1.82, 2.24) is 15.5 Å². The summed E-state index contributed by atoms with van der Waals surface area (Å²) in [5.74, 6) is -1.93. The quantitative estimate of drug-likeness (QED) is 0.259. The van der Waals surface area contributed by atoms with Crippen molar-refractivity contribution in [1.29, 1.82) is 0 Å². The lowest BCUT2D eigenvalue weighted by Crippen LogP contribution is -2.57. The van der Waals surface area contributed by atoms with Crippen LogP contribution in [-0.2, 0) is 30.5 Å². The van der Waals surface area contributed by atoms with Gasteiger partial charge >= 0.3 is 6.03 Å². The van der Waals surface area contributed by atoms with E-state index in [1.807, 2.05) is 60.7 Å². The Bertz CT molecular complexity index is 1450. The minimum Gasteiger partial charge on any atom is -0.378 e. The zero-order valence-electron chi connectivity index (χ0n) is 25.5. The normalized spacial score (nSPS) is 16.8. The van der Waals surface area contributed by atoms with Crippen LogP contribution >= 0.6 is 0 Å². The molecule has 2 fully saturated rings. The Labute approximate surface area is 263 Å². The van der Waals surface area contributed by atoms with E-state index in [0.717, 1.165) is 48.4 Å². The monoisotopic (exact) mass is 614 g/mol. The molecule has 2 atom stereocenters. The van der Waals surface area contributed by atoms with Gasteiger partial charge < -0.3 is 30.3 Å². The third kappa shape index (κ3) is 9.36. The fraction of sp³-hybridized carbons (Fsp3) is 0.429. The van der Waals surface area contributed by atoms with Gasteiger partial charge in [0, 0.05) is 18.8 Å². The van der Waals surface area contributed by atoms with Crippen molar-refractivity contribution in [3.8, 4) is 0 Å². The summed E-state index contributed by atoms with van der Waals surface area (Å²) < 4.78 is 11.2. The van der Waals surface area contributed by atoms with Gasteiger partial charge in [-0.05, 0) is 40.8 Å². The van der Waals surface area contributed by atoms with Crippen LogP contribution in [-0.4, -0.2) is 73.5 Å². The molecule has 0 spiro atoms. The van der Waals surface area contributed by atoms with Gasteiger partial charge in [0.15, 0.2) is 0 Å². The number of anilines is 1. The summed E-state index contributed by atoms with van der Waals surface area (Å²) in [4.78, 5) is 55.3. The van der Waals surface area contributed by atoms with Crippen molar-refractivity contribution in [2.45, 2.75) is 57.2 Å². The summed E-state index contributed by atoms with van der Waals surface area (Å²) in [6.07, 6.45) is 5.74. The molecular formula is C35H42N4O6. The van der Waals surface area contributed by atoms with Gasteiger partial charge in [-0.2, -0.15) is 0 Å². The number of hydrogen-bond donors (Lipinski definition) is 3. The van der Waals surface area contributed by atoms with Gasteiger partial charge in [0.25, 0.3) is 5.91 Å². The van der Waals surface area contributed by atoms with E-state index in [4.69, 9.17) is 9.47 Å². The van der Waals surface area contributed by atoms with Crippen molar-refractivity contribution in [2.75, 3.05) is 38.2 Å². The molecule has 1 saturated carbocycles. The van der Waals surface area contributed by atoms with Crippen LogP contribution in [0.4, 0.5) is 10.5 Å². The molecule has 1 heterocycles. The molecule has 1 aliphatic carbocycles. The second-order valence-corrected chi connectivity index (χ2v) is 11.8. The summed E-state index contributed by atoms with van der Waals surface area (Å²) in [6.45, 7) is 1.74. The van der Waals surface area contributed by atoms with Crippen LogP contribution in [0.25, 0.3) is 10.8 Å². The maximum absolute atomic E-state index is 13.8. The minimum atomic E-state index is -1.25. The van der Waals surface area contributed by atoms with Crippen LogP contribution in [0, 0.1) is 5.92 Å². The number of urea groups is 1. The maximum Gasteiger partial charge on any atom is 0.318 e. The number of rotatable bonds is 12. The fourth-order valence-corrected chi connectivity index (χ4v) is 5.94. The van der Waals surface area contributed by atoms with Crippen molar-refractivity contribution in [2.24, 2.45) is 5.92 Å². The molecule has 1 aliphatic heterocycles. The first-order valence-electron chi connectivity index (χ1n) is 15.9. The van der Waals surface area contributed by atoms with Gasteiger partial charge in [-0.3, -0.25) is 14.4 Å². The van der Waals surface area contributed by atoms with Crippen molar-refractivity contribution >= 4 is 40.1 Å². The SMILES string of the molecule is O=C(Nc1ccc2ccccc2c1)C(=O)[C@@H](COCc1ccccc1)NC(=O)[C@H](CC1CCCCC1)NC(=O)N1CCOCC1. The zero-order chi connectivity index (χ0) is 31.4. The van der Waals surface area contributed by atoms with Crippen LogP contribution in [0.15, 0.2) is 72.8 Å². The molecule has 10 heteroatoms. The Balaban J connectivity index is 1.30. The van der Waals surface area contributed by atoms with Crippen LogP contribution in [0.3, 0.4) is 0 Å². The van der Waals surface area contributed by atoms with Gasteiger partial charge in [0.2, 0.25) is 11.7 Å². The van der Waals surface area contributed by atoms with Crippen molar-refractivity contribution < 1.29 is 28.7 Å². The first-order chi connectivity index (χ1) is 22.0. The molecule has 3 aromatic carbocycles. The number of nitrogens with zero attached hydrogens (tertiary/aromatic N) is 1. The highest BCUT2D eigenvalue weighted by molar-refractivity contribution is 6.42. The highest BCUT2D eigenvalue weighted by atomic mass is 16.5. The van der Waals surface area contributed by atoms with Gasteiger partial charge in [-0.25, -0.2) is 4.79 Å². The Morgan fingerprint density at radius 3 is 2.29 bits per heavy atom. The molecule has 0 aromatic heterocycles. The average molecular weight is 615 g/mol. The maximum atomic E-state index is 13.8. The number of morpholine rings is 1. The third-order valence-corrected chi connectivity index (χ3v) is 8.47. The number of hydrogen-bond acceptors (Lipinski definition) is 6. The lowest BCUT2D eigenvalue weighted by molar-refractivity contribution is -0.139. The Morgan fingerprint density at radius 2 is 1.53 bits per heavy atom. The molecule has 3 N–H and O–H groups in total. The highest BCUT2D eigenvalue weighted by Gasteiger charge is 2.33. The second kappa shape index (κ2) is 16.2. The lowest BCUT2D eigenvalue weighted by atomic mass is 9.84. The fourth-order valence-electron chi connectivity index (χ4n) is 5.94. The number of carbonyl (C=O) groups excluding carboxylic acids is 4. The molecular weight excluding hydrogens is 572 g/mol. The first-order valence-corrected chi connectivity index (χ1v) is 15.9. The summed E-state index contributed by atoms with van der Waals surface area (Å²) in [5.41, 5.74) is 1.36. The molecule has 0 radical (unpaired) electrons. The standard InChI is InChI=1S/C35H42N4O6/c40-32(34(42)36-29-16-15-27-13-7-8-14-28(27)22-29)31(24-45-23-26-11-5-2-6-12-26)37-33(41)30(21-25-9-3-1-4-10-25)38-35(43)39-17-19-44-20-18-39/h2,5-8,11-16,22,25,30-31H,1,3-4,9-10,17-21,23-24H2,(H,36,42)(H,37,41)(H,38,43)/t30-,31+/m0/s1. The number of ketones is 1. The van der Waals surface area contributed by atoms with Crippen LogP contribution < -0.4 is 16.0 Å². The molecule has 5 rings (SSSR count). The van der Waals surface area contributed by atoms with Gasteiger partial charge in [-0.1, -0.05) is 92.8 Å². The van der Waals surface area contributed by atoms with Crippen molar-refractivity contribution in [3.05, 3.63) is 78.4 Å². The first kappa shape index (κ1) is 32.1. The van der Waals surface area contributed by atoms with E-state index in [-0.39, 0.29) is 25.2 Å². The van der Waals surface area contributed by atoms with E-state index in [1.54, 1.807) is 17.0 Å². The number of ether oxygens (including phenoxy) is 2. The minimum absolute atomic E-state index is 0.200. The van der Waals surface area contributed by atoms with Crippen LogP contribution in [0.5, 0.6) is 0 Å². The summed E-state index contributed by atoms with van der Waals surface area (Å²) in [7, 11) is 0. The summed E-state index contributed by atoms with van der Waals surface area (Å²) in [6, 6.07) is 20.1. The number of Topliss-reactive ketones (excluding diaryl/α,β-unsaturated/α-hetero) is 1. The molecule has 2 aliphatic rings. The van der Waals surface area contributed by atoms with E-state index in [0.29, 0.717) is 38.4 Å². The molecule has 1 saturated heterocycles. The largest absolute Gasteiger partial charge is 0.378 e. The van der Waals surface area contributed by atoms with Gasteiger partial charge in [0.1, 0.15) is 12.1 Å². The van der Waals surface area contributed by atoms with Crippen LogP contribution in [0.1, 0.15) is 44.1 Å². The number of amides is 4. The molecule has 4 amide bonds. The van der Waals surface area contributed by atoms with E-state index in [9.17, 15) is 19.2 Å². The van der Waals surface area contributed by atoms with E-state index >= 15 is 0 Å². The third-order valence-electron chi connectivity index (χ3n) is 8.47. The Morgan fingerprint density at radius 1 is 0.822 bits per heavy atom. The molecule has 0 unspecified atom stereocenters. The predicted octanol–water partition coefficient (Wildman–Crippen LogP) is 4.43. The number of nitrogens with one attached hydrogen (secondary N) is 3. The molecule has 10 nitrogen and oxygen atoms in total. The Kier molecular flexibility index (Phi) is 11.5. The second-order valence-electron chi connectivity index (χ2n) is 11.8. The molecule has 0 bridgehead atoms. The summed E-state index contributed by atoms with van der Waals surface area (Å²) in [5, 5.41) is 10.3. The van der Waals surface area contributed by atoms with Crippen molar-refractivity contribution in [3.63, 3.8) is 0 Å². The molecule has 3 aromatic rings. The van der Waals surface area contributed by atoms with Gasteiger partial charge in [-0.15, -0.1) is 0 Å². The zero-order valence-corrected chi connectivity index (χ0v) is 25.5. The number of fused-ring (bicyclic) bond motifs is 1. The molecule has 45 heavy (non-hydrogen) atoms. The van der Waals surface area contributed by atoms with E-state index < -0.39 is 29.7 Å². The lowest BCUT2D eigenvalue weighted by Gasteiger charge is -2.31. The summed E-state index contributed by atoms with van der Waals surface area (Å²) >= 11 is 0. The number of benzene rings is 3. The molecule has 238 valence electrons. The average Bonchev–Trinajstić information content (AvgIpc) is 3.08. The van der Waals surface area contributed by atoms with E-state index in [1.165, 1.54) is 0 Å². The number of carbonyl (C=O) groups is 4. The van der Waals surface area contributed by atoms with Crippen LogP contribution in [0.2, 0.25) is 0 Å². The van der Waals surface area contributed by atoms with Gasteiger partial charge in [0.05, 0.1) is 26.4 Å². The predicted molar refractivity (Wildman–Crippen MR) is 172 cm³/mol. The highest BCUT2D eigenvalue weighted by Crippen LogP contribution is 2.27. The smallest absolute Gasteiger partial charge is 0.318 e. The Hall–Kier alpha value is -4.28. The topological polar surface area (TPSA) is 126 Å².